The summed E-state index contributed by atoms with van der Waals surface area (Å²) in [7, 11) is 5.90. The van der Waals surface area contributed by atoms with Crippen molar-refractivity contribution in [3.8, 4) is 0 Å². The largest absolute Gasteiger partial charge is 0.424 e. The highest BCUT2D eigenvalue weighted by atomic mass is 33.1. The molecule has 2 aromatic carbocycles. The van der Waals surface area contributed by atoms with Crippen molar-refractivity contribution < 1.29 is 27.8 Å². The van der Waals surface area contributed by atoms with Gasteiger partial charge in [-0.25, -0.2) is 9.97 Å². The van der Waals surface area contributed by atoms with Crippen molar-refractivity contribution in [2.24, 2.45) is 0 Å². The quantitative estimate of drug-likeness (QED) is 0.0307. The fourth-order valence-corrected chi connectivity index (χ4v) is 13.4. The molecule has 0 N–H and O–H groups in total. The van der Waals surface area contributed by atoms with E-state index in [4.69, 9.17) is 37.8 Å². The zero-order chi connectivity index (χ0) is 32.4. The van der Waals surface area contributed by atoms with E-state index >= 15 is 0 Å². The lowest BCUT2D eigenvalue weighted by Crippen LogP contribution is -2.14. The maximum Gasteiger partial charge on any atom is 0.162 e. The number of rotatable bonds is 25. The van der Waals surface area contributed by atoms with Gasteiger partial charge in [0.05, 0.1) is 43.7 Å². The van der Waals surface area contributed by atoms with Crippen molar-refractivity contribution in [3.05, 3.63) is 58.5 Å². The second-order valence-corrected chi connectivity index (χ2v) is 18.3. The number of hydrogen-bond donors (Lipinski definition) is 0. The van der Waals surface area contributed by atoms with E-state index in [0.717, 1.165) is 60.7 Å². The molecule has 2 aromatic heterocycles. The van der Waals surface area contributed by atoms with Crippen molar-refractivity contribution in [2.75, 3.05) is 52.2 Å². The van der Waals surface area contributed by atoms with Gasteiger partial charge in [-0.2, -0.15) is 0 Å². The monoisotopic (exact) mass is 740 g/mol. The molecule has 4 aromatic rings. The molecule has 0 aliphatic rings. The number of para-hydroxylation sites is 2. The van der Waals surface area contributed by atoms with E-state index < -0.39 is 19.5 Å². The number of ether oxygens (including phenoxy) is 4. The zero-order valence-corrected chi connectivity index (χ0v) is 33.5. The van der Waals surface area contributed by atoms with Gasteiger partial charge >= 0.3 is 0 Å². The Morgan fingerprint density at radius 1 is 0.652 bits per heavy atom. The van der Waals surface area contributed by atoms with Gasteiger partial charge in [0.1, 0.15) is 0 Å². The Kier molecular flexibility index (Phi) is 18.1. The van der Waals surface area contributed by atoms with Crippen LogP contribution in [0.4, 0.5) is 0 Å². The highest BCUT2D eigenvalue weighted by Crippen LogP contribution is 2.39. The van der Waals surface area contributed by atoms with Crippen molar-refractivity contribution in [1.82, 2.24) is 9.97 Å². The van der Waals surface area contributed by atoms with E-state index in [-0.39, 0.29) is 12.6 Å². The second-order valence-electron chi connectivity index (χ2n) is 10.9. The highest BCUT2D eigenvalue weighted by Gasteiger charge is 2.20. The van der Waals surface area contributed by atoms with E-state index in [1.54, 1.807) is 14.2 Å². The Morgan fingerprint density at radius 3 is 1.50 bits per heavy atom. The predicted octanol–water partition coefficient (Wildman–Crippen LogP) is 6.99. The molecule has 4 unspecified atom stereocenters. The standard InChI is InChI=1S/C32H48N2O6S4Si2/c1-23(35-3)37-15-9-17-39-45-21-25(31-33-27-11-5-7-13-29(27)43-31)19-41-42-20-26(22-46-40-18-10-16-38-24(2)36-4)32-34-28-12-6-8-14-30(28)44-32/h5-8,11-14,23-26H,9-10,15-22,45-46H2,1-4H3. The summed E-state index contributed by atoms with van der Waals surface area (Å²) in [6.07, 6.45) is 1.43. The SMILES string of the molecule is COC(C)OCCCO[SiH2]CC(CSSCC(C[SiH2]OCCCOC(C)OC)c1nc2ccccc2s1)c1nc2ccccc2s1. The Balaban J connectivity index is 1.28. The third-order valence-electron chi connectivity index (χ3n) is 7.40. The number of methoxy groups -OCH3 is 2. The van der Waals surface area contributed by atoms with Gasteiger partial charge in [0.25, 0.3) is 0 Å². The maximum atomic E-state index is 6.15. The number of thiazole rings is 2. The third-order valence-corrected chi connectivity index (χ3v) is 15.4. The van der Waals surface area contributed by atoms with Crippen LogP contribution in [0.5, 0.6) is 0 Å². The first-order valence-corrected chi connectivity index (χ1v) is 23.2. The fraction of sp³-hybridized carbons (Fsp3) is 0.562. The summed E-state index contributed by atoms with van der Waals surface area (Å²) in [4.78, 5) is 10.1. The van der Waals surface area contributed by atoms with Crippen LogP contribution in [-0.4, -0.2) is 94.2 Å². The van der Waals surface area contributed by atoms with Crippen LogP contribution in [0.1, 0.15) is 48.5 Å². The molecule has 0 bridgehead atoms. The topological polar surface area (TPSA) is 81.2 Å². The van der Waals surface area contributed by atoms with Crippen LogP contribution < -0.4 is 0 Å². The van der Waals surface area contributed by atoms with E-state index in [2.05, 4.69) is 48.5 Å². The molecule has 14 heteroatoms. The van der Waals surface area contributed by atoms with Crippen LogP contribution in [0.15, 0.2) is 48.5 Å². The minimum atomic E-state index is -0.679. The van der Waals surface area contributed by atoms with Crippen LogP contribution in [0.3, 0.4) is 0 Å². The van der Waals surface area contributed by atoms with E-state index in [9.17, 15) is 0 Å². The number of nitrogens with zero attached hydrogens (tertiary/aromatic N) is 2. The third kappa shape index (κ3) is 13.2. The van der Waals surface area contributed by atoms with Gasteiger partial charge in [0.2, 0.25) is 0 Å². The molecule has 0 saturated heterocycles. The van der Waals surface area contributed by atoms with Crippen LogP contribution in [0.2, 0.25) is 12.1 Å². The molecule has 2 heterocycles. The van der Waals surface area contributed by atoms with Crippen molar-refractivity contribution in [1.29, 1.82) is 0 Å². The van der Waals surface area contributed by atoms with Crippen molar-refractivity contribution in [2.45, 2.75) is 63.2 Å². The van der Waals surface area contributed by atoms with Gasteiger partial charge in [0, 0.05) is 50.8 Å². The Morgan fingerprint density at radius 2 is 1.09 bits per heavy atom. The summed E-state index contributed by atoms with van der Waals surface area (Å²) in [5.74, 6) is 2.84. The van der Waals surface area contributed by atoms with Crippen molar-refractivity contribution in [3.63, 3.8) is 0 Å². The molecule has 254 valence electrons. The fourth-order valence-electron chi connectivity index (χ4n) is 4.56. The molecule has 0 radical (unpaired) electrons. The lowest BCUT2D eigenvalue weighted by atomic mass is 10.2. The molecule has 46 heavy (non-hydrogen) atoms. The predicted molar refractivity (Wildman–Crippen MR) is 202 cm³/mol. The molecule has 0 spiro atoms. The van der Waals surface area contributed by atoms with Crippen LogP contribution >= 0.6 is 44.3 Å². The molecule has 0 aliphatic carbocycles. The molecule has 0 saturated carbocycles. The summed E-state index contributed by atoms with van der Waals surface area (Å²) < 4.78 is 36.3. The zero-order valence-electron chi connectivity index (χ0n) is 27.4. The minimum absolute atomic E-state index is 0.172. The van der Waals surface area contributed by atoms with Crippen LogP contribution in [0, 0.1) is 0 Å². The first-order valence-electron chi connectivity index (χ1n) is 16.0. The van der Waals surface area contributed by atoms with E-state index in [1.807, 2.05) is 58.1 Å². The molecular formula is C32H48N2O6S4Si2. The average Bonchev–Trinajstić information content (AvgIpc) is 3.71. The van der Waals surface area contributed by atoms with Crippen molar-refractivity contribution >= 4 is 84.2 Å². The van der Waals surface area contributed by atoms with Gasteiger partial charge in [0.15, 0.2) is 32.1 Å². The maximum absolute atomic E-state index is 6.15. The van der Waals surface area contributed by atoms with Crippen LogP contribution in [0.25, 0.3) is 20.4 Å². The average molecular weight is 741 g/mol. The Bertz CT molecular complexity index is 1230. The molecule has 0 aliphatic heterocycles. The Hall–Kier alpha value is -0.886. The van der Waals surface area contributed by atoms with E-state index in [0.29, 0.717) is 25.0 Å². The Labute approximate surface area is 294 Å². The van der Waals surface area contributed by atoms with Gasteiger partial charge in [-0.1, -0.05) is 45.9 Å². The summed E-state index contributed by atoms with van der Waals surface area (Å²) >= 11 is 3.66. The number of fused-ring (bicyclic) bond motifs is 2. The minimum Gasteiger partial charge on any atom is -0.424 e. The highest BCUT2D eigenvalue weighted by molar-refractivity contribution is 8.76. The van der Waals surface area contributed by atoms with E-state index in [1.165, 1.54) is 19.4 Å². The van der Waals surface area contributed by atoms with Gasteiger partial charge < -0.3 is 27.8 Å². The smallest absolute Gasteiger partial charge is 0.162 e. The summed E-state index contributed by atoms with van der Waals surface area (Å²) in [5.41, 5.74) is 2.19. The lowest BCUT2D eigenvalue weighted by molar-refractivity contribution is -0.112. The second kappa shape index (κ2) is 22.0. The van der Waals surface area contributed by atoms with Gasteiger partial charge in [-0.15, -0.1) is 22.7 Å². The number of benzene rings is 2. The molecular weight excluding hydrogens is 693 g/mol. The molecule has 0 amide bonds. The normalized spacial score (nSPS) is 15.1. The summed E-state index contributed by atoms with van der Waals surface area (Å²) in [6, 6.07) is 19.1. The molecule has 4 rings (SSSR count). The van der Waals surface area contributed by atoms with Gasteiger partial charge in [-0.05, 0) is 63.0 Å². The molecule has 8 nitrogen and oxygen atoms in total. The first kappa shape index (κ1) is 37.9. The lowest BCUT2D eigenvalue weighted by Gasteiger charge is -2.16. The number of aromatic nitrogens is 2. The van der Waals surface area contributed by atoms with Gasteiger partial charge in [-0.3, -0.25) is 0 Å². The summed E-state index contributed by atoms with van der Waals surface area (Å²) in [6.45, 7) is 6.62. The summed E-state index contributed by atoms with van der Waals surface area (Å²) in [5, 5.41) is 2.46. The first-order chi connectivity index (χ1) is 22.6. The number of hydrogen-bond acceptors (Lipinski definition) is 12. The van der Waals surface area contributed by atoms with Crippen LogP contribution in [-0.2, 0) is 27.8 Å². The molecule has 0 fully saturated rings. The molecule has 4 atom stereocenters.